The molecule has 10 aromatic rings. The standard InChI is InChI=1S/C43H25BN4O2/c1-2-12-26(13-3-1)47-32-18-8-9-19-33(32)48-35-23-22-34-40(42(35)45-43(47)48)28-14-4-7-17-31(28)46(34)27-24-38-41-39(25-27)50-37-21-11-6-16-30(37)44(41)29-15-5-10-20-36(29)49-38/h1-25H. The lowest BCUT2D eigenvalue weighted by Crippen LogP contribution is -2.57. The molecule has 3 aromatic heterocycles. The lowest BCUT2D eigenvalue weighted by atomic mass is 9.35. The van der Waals surface area contributed by atoms with Crippen LogP contribution in [0.15, 0.2) is 152 Å². The van der Waals surface area contributed by atoms with Crippen molar-refractivity contribution < 1.29 is 9.47 Å². The summed E-state index contributed by atoms with van der Waals surface area (Å²) >= 11 is 0. The molecule has 0 saturated carbocycles. The van der Waals surface area contributed by atoms with E-state index in [0.717, 1.165) is 100 Å². The highest BCUT2D eigenvalue weighted by molar-refractivity contribution is 6.98. The Bertz CT molecular complexity index is 2990. The van der Waals surface area contributed by atoms with Crippen LogP contribution in [0.4, 0.5) is 0 Å². The normalized spacial score (nSPS) is 13.1. The Hall–Kier alpha value is -6.73. The highest BCUT2D eigenvalue weighted by atomic mass is 16.5. The molecule has 0 radical (unpaired) electrons. The molecule has 2 aliphatic heterocycles. The first-order chi connectivity index (χ1) is 24.8. The van der Waals surface area contributed by atoms with Crippen molar-refractivity contribution in [3.05, 3.63) is 152 Å². The van der Waals surface area contributed by atoms with Crippen LogP contribution in [0, 0.1) is 0 Å². The Morgan fingerprint density at radius 2 is 1.06 bits per heavy atom. The zero-order valence-corrected chi connectivity index (χ0v) is 26.6. The van der Waals surface area contributed by atoms with Gasteiger partial charge in [-0.15, -0.1) is 0 Å². The highest BCUT2D eigenvalue weighted by Crippen LogP contribution is 2.42. The molecule has 0 unspecified atom stereocenters. The number of fused-ring (bicyclic) bond motifs is 13. The lowest BCUT2D eigenvalue weighted by Gasteiger charge is -2.33. The maximum atomic E-state index is 6.69. The Balaban J connectivity index is 1.15. The van der Waals surface area contributed by atoms with Crippen molar-refractivity contribution in [3.8, 4) is 34.4 Å². The molecule has 0 spiro atoms. The third-order valence-electron chi connectivity index (χ3n) is 10.6. The van der Waals surface area contributed by atoms with E-state index in [1.54, 1.807) is 0 Å². The van der Waals surface area contributed by atoms with Crippen LogP contribution in [-0.2, 0) is 0 Å². The average Bonchev–Trinajstić information content (AvgIpc) is 3.81. The summed E-state index contributed by atoms with van der Waals surface area (Å²) in [6.45, 7) is 0.0325. The van der Waals surface area contributed by atoms with Gasteiger partial charge < -0.3 is 14.0 Å². The van der Waals surface area contributed by atoms with E-state index in [0.29, 0.717) is 0 Å². The number of aromatic nitrogens is 4. The molecule has 6 nitrogen and oxygen atoms in total. The van der Waals surface area contributed by atoms with Crippen molar-refractivity contribution in [3.63, 3.8) is 0 Å². The van der Waals surface area contributed by atoms with Crippen molar-refractivity contribution in [2.45, 2.75) is 0 Å². The van der Waals surface area contributed by atoms with Crippen LogP contribution in [-0.4, -0.2) is 25.2 Å². The molecule has 0 fully saturated rings. The molecule has 0 amide bonds. The van der Waals surface area contributed by atoms with E-state index in [-0.39, 0.29) is 6.71 Å². The van der Waals surface area contributed by atoms with E-state index in [2.05, 4.69) is 153 Å². The second kappa shape index (κ2) is 9.46. The maximum absolute atomic E-state index is 6.69. The first kappa shape index (κ1) is 26.3. The second-order valence-corrected chi connectivity index (χ2v) is 13.2. The van der Waals surface area contributed by atoms with Crippen LogP contribution in [0.5, 0.6) is 23.0 Å². The van der Waals surface area contributed by atoms with Crippen LogP contribution in [0.1, 0.15) is 0 Å². The number of hydrogen-bond donors (Lipinski definition) is 0. The van der Waals surface area contributed by atoms with Crippen molar-refractivity contribution in [2.75, 3.05) is 0 Å². The summed E-state index contributed by atoms with van der Waals surface area (Å²) in [7, 11) is 0. The summed E-state index contributed by atoms with van der Waals surface area (Å²) < 4.78 is 20.3. The average molecular weight is 641 g/mol. The maximum Gasteiger partial charge on any atom is 0.260 e. The quantitative estimate of drug-likeness (QED) is 0.179. The summed E-state index contributed by atoms with van der Waals surface area (Å²) in [6.07, 6.45) is 0. The van der Waals surface area contributed by atoms with E-state index < -0.39 is 0 Å². The van der Waals surface area contributed by atoms with Crippen molar-refractivity contribution in [1.82, 2.24) is 18.5 Å². The Morgan fingerprint density at radius 3 is 1.80 bits per heavy atom. The lowest BCUT2D eigenvalue weighted by molar-refractivity contribution is 0.464. The molecular formula is C43H25BN4O2. The van der Waals surface area contributed by atoms with E-state index in [4.69, 9.17) is 14.5 Å². The van der Waals surface area contributed by atoms with Gasteiger partial charge in [0, 0.05) is 34.1 Å². The predicted molar refractivity (Wildman–Crippen MR) is 202 cm³/mol. The molecule has 0 aliphatic carbocycles. The smallest absolute Gasteiger partial charge is 0.260 e. The van der Waals surface area contributed by atoms with Gasteiger partial charge in [0.05, 0.1) is 33.3 Å². The largest absolute Gasteiger partial charge is 0.458 e. The molecule has 0 atom stereocenters. The molecule has 5 heterocycles. The van der Waals surface area contributed by atoms with Gasteiger partial charge in [-0.05, 0) is 65.5 Å². The summed E-state index contributed by atoms with van der Waals surface area (Å²) in [6, 6.07) is 53.2. The number of benzene rings is 7. The van der Waals surface area contributed by atoms with Gasteiger partial charge in [-0.1, -0.05) is 84.9 Å². The van der Waals surface area contributed by atoms with Gasteiger partial charge >= 0.3 is 0 Å². The summed E-state index contributed by atoms with van der Waals surface area (Å²) in [5, 5.41) is 2.26. The molecule has 50 heavy (non-hydrogen) atoms. The number of ether oxygens (including phenoxy) is 2. The Labute approximate surface area is 286 Å². The third kappa shape index (κ3) is 3.31. The summed E-state index contributed by atoms with van der Waals surface area (Å²) in [5.74, 6) is 4.28. The minimum absolute atomic E-state index is 0.0325. The van der Waals surface area contributed by atoms with Crippen molar-refractivity contribution >= 4 is 72.8 Å². The van der Waals surface area contributed by atoms with Crippen molar-refractivity contribution in [1.29, 1.82) is 0 Å². The van der Waals surface area contributed by atoms with Crippen molar-refractivity contribution in [2.24, 2.45) is 0 Å². The molecule has 0 saturated heterocycles. The van der Waals surface area contributed by atoms with Crippen LogP contribution < -0.4 is 25.9 Å². The number of para-hydroxylation sites is 6. The fraction of sp³-hybridized carbons (Fsp3) is 0. The second-order valence-electron chi connectivity index (χ2n) is 13.2. The van der Waals surface area contributed by atoms with E-state index in [9.17, 15) is 0 Å². The number of rotatable bonds is 2. The van der Waals surface area contributed by atoms with Gasteiger partial charge in [-0.25, -0.2) is 4.98 Å². The molecular weight excluding hydrogens is 615 g/mol. The predicted octanol–water partition coefficient (Wildman–Crippen LogP) is 8.26. The van der Waals surface area contributed by atoms with Crippen LogP contribution >= 0.6 is 0 Å². The summed E-state index contributed by atoms with van der Waals surface area (Å²) in [5.41, 5.74) is 11.9. The van der Waals surface area contributed by atoms with Gasteiger partial charge in [-0.2, -0.15) is 0 Å². The molecule has 232 valence electrons. The Kier molecular flexibility index (Phi) is 4.96. The van der Waals surface area contributed by atoms with Crippen LogP contribution in [0.2, 0.25) is 0 Å². The fourth-order valence-electron chi connectivity index (χ4n) is 8.54. The highest BCUT2D eigenvalue weighted by Gasteiger charge is 2.40. The third-order valence-corrected chi connectivity index (χ3v) is 10.6. The SMILES string of the molecule is c1ccc(-n2c3ccccc3n3c4ccc5c(c6ccccc6n5-c5cc6c7c(c5)Oc5ccccc5B7c5ccccc5O6)c4nc23)cc1. The van der Waals surface area contributed by atoms with E-state index in [1.807, 2.05) is 12.1 Å². The zero-order valence-electron chi connectivity index (χ0n) is 26.6. The topological polar surface area (TPSA) is 45.6 Å². The summed E-state index contributed by atoms with van der Waals surface area (Å²) in [4.78, 5) is 5.45. The van der Waals surface area contributed by atoms with E-state index in [1.165, 1.54) is 0 Å². The molecule has 0 N–H and O–H groups in total. The van der Waals surface area contributed by atoms with Crippen LogP contribution in [0.3, 0.4) is 0 Å². The molecule has 7 aromatic carbocycles. The van der Waals surface area contributed by atoms with Gasteiger partial charge in [0.15, 0.2) is 0 Å². The van der Waals surface area contributed by atoms with E-state index >= 15 is 0 Å². The molecule has 12 rings (SSSR count). The number of nitrogens with zero attached hydrogens (tertiary/aromatic N) is 4. The fourth-order valence-corrected chi connectivity index (χ4v) is 8.54. The first-order valence-electron chi connectivity index (χ1n) is 16.9. The van der Waals surface area contributed by atoms with Gasteiger partial charge in [0.25, 0.3) is 6.71 Å². The monoisotopic (exact) mass is 640 g/mol. The van der Waals surface area contributed by atoms with Gasteiger partial charge in [-0.3, -0.25) is 8.97 Å². The molecule has 2 aliphatic rings. The minimum atomic E-state index is 0.0325. The molecule has 7 heteroatoms. The van der Waals surface area contributed by atoms with Crippen LogP contribution in [0.25, 0.3) is 61.0 Å². The Morgan fingerprint density at radius 1 is 0.460 bits per heavy atom. The van der Waals surface area contributed by atoms with Gasteiger partial charge in [0.1, 0.15) is 28.5 Å². The zero-order chi connectivity index (χ0) is 32.5. The minimum Gasteiger partial charge on any atom is -0.458 e. The first-order valence-corrected chi connectivity index (χ1v) is 16.9. The molecule has 0 bridgehead atoms. The van der Waals surface area contributed by atoms with Gasteiger partial charge in [0.2, 0.25) is 5.78 Å². The number of imidazole rings is 2. The number of hydrogen-bond acceptors (Lipinski definition) is 3.